The van der Waals surface area contributed by atoms with E-state index in [2.05, 4.69) is 36.5 Å². The molecular weight excluding hydrogens is 238 g/mol. The molecule has 1 aliphatic rings. The SMILES string of the molecule is CCSc1ccccc1NCC1CCCCCC1. The molecule has 0 heterocycles. The van der Waals surface area contributed by atoms with Crippen molar-refractivity contribution in [3.8, 4) is 0 Å². The lowest BCUT2D eigenvalue weighted by Crippen LogP contribution is -2.14. The lowest BCUT2D eigenvalue weighted by Gasteiger charge is -2.17. The van der Waals surface area contributed by atoms with Gasteiger partial charge in [0.05, 0.1) is 0 Å². The Morgan fingerprint density at radius 3 is 2.56 bits per heavy atom. The highest BCUT2D eigenvalue weighted by Gasteiger charge is 2.12. The highest BCUT2D eigenvalue weighted by molar-refractivity contribution is 7.99. The normalized spacial score (nSPS) is 17.4. The third-order valence-electron chi connectivity index (χ3n) is 3.74. The van der Waals surface area contributed by atoms with Crippen molar-refractivity contribution in [2.24, 2.45) is 5.92 Å². The van der Waals surface area contributed by atoms with Crippen LogP contribution in [-0.2, 0) is 0 Å². The number of nitrogens with one attached hydrogen (secondary N) is 1. The van der Waals surface area contributed by atoms with Crippen LogP contribution < -0.4 is 5.32 Å². The molecule has 1 N–H and O–H groups in total. The monoisotopic (exact) mass is 263 g/mol. The summed E-state index contributed by atoms with van der Waals surface area (Å²) >= 11 is 1.93. The first-order valence-electron chi connectivity index (χ1n) is 7.36. The van der Waals surface area contributed by atoms with Crippen molar-refractivity contribution in [3.63, 3.8) is 0 Å². The Hall–Kier alpha value is -0.630. The van der Waals surface area contributed by atoms with Crippen LogP contribution in [0, 0.1) is 5.92 Å². The average Bonchev–Trinajstić information content (AvgIpc) is 2.67. The lowest BCUT2D eigenvalue weighted by atomic mass is 10.0. The summed E-state index contributed by atoms with van der Waals surface area (Å²) in [6.07, 6.45) is 8.57. The predicted molar refractivity (Wildman–Crippen MR) is 82.5 cm³/mol. The second-order valence-electron chi connectivity index (χ2n) is 5.17. The molecule has 0 atom stereocenters. The quantitative estimate of drug-likeness (QED) is 0.580. The van der Waals surface area contributed by atoms with Gasteiger partial charge in [0.25, 0.3) is 0 Å². The van der Waals surface area contributed by atoms with Crippen LogP contribution in [0.5, 0.6) is 0 Å². The molecule has 0 amide bonds. The van der Waals surface area contributed by atoms with Crippen molar-refractivity contribution in [1.29, 1.82) is 0 Å². The first-order valence-corrected chi connectivity index (χ1v) is 8.34. The van der Waals surface area contributed by atoms with E-state index in [0.29, 0.717) is 0 Å². The van der Waals surface area contributed by atoms with E-state index in [4.69, 9.17) is 0 Å². The topological polar surface area (TPSA) is 12.0 Å². The zero-order chi connectivity index (χ0) is 12.6. The van der Waals surface area contributed by atoms with Gasteiger partial charge in [-0.1, -0.05) is 44.7 Å². The van der Waals surface area contributed by atoms with Crippen molar-refractivity contribution >= 4 is 17.4 Å². The smallest absolute Gasteiger partial charge is 0.0478 e. The van der Waals surface area contributed by atoms with Crippen LogP contribution in [0.4, 0.5) is 5.69 Å². The number of rotatable bonds is 5. The molecule has 0 unspecified atom stereocenters. The minimum atomic E-state index is 0.882. The molecule has 1 aliphatic carbocycles. The molecule has 2 rings (SSSR count). The van der Waals surface area contributed by atoms with Crippen molar-refractivity contribution in [1.82, 2.24) is 0 Å². The molecular formula is C16H25NS. The van der Waals surface area contributed by atoms with Crippen LogP contribution in [0.3, 0.4) is 0 Å². The van der Waals surface area contributed by atoms with E-state index in [1.807, 2.05) is 11.8 Å². The number of hydrogen-bond acceptors (Lipinski definition) is 2. The van der Waals surface area contributed by atoms with Gasteiger partial charge in [0.1, 0.15) is 0 Å². The molecule has 0 saturated heterocycles. The first-order chi connectivity index (χ1) is 8.90. The van der Waals surface area contributed by atoms with Crippen molar-refractivity contribution < 1.29 is 0 Å². The van der Waals surface area contributed by atoms with Gasteiger partial charge in [0.2, 0.25) is 0 Å². The summed E-state index contributed by atoms with van der Waals surface area (Å²) in [5.41, 5.74) is 1.33. The highest BCUT2D eigenvalue weighted by atomic mass is 32.2. The fourth-order valence-corrected chi connectivity index (χ4v) is 3.50. The third-order valence-corrected chi connectivity index (χ3v) is 4.70. The summed E-state index contributed by atoms with van der Waals surface area (Å²) < 4.78 is 0. The van der Waals surface area contributed by atoms with Crippen LogP contribution >= 0.6 is 11.8 Å². The van der Waals surface area contributed by atoms with E-state index >= 15 is 0 Å². The van der Waals surface area contributed by atoms with E-state index < -0.39 is 0 Å². The molecule has 18 heavy (non-hydrogen) atoms. The maximum Gasteiger partial charge on any atom is 0.0478 e. The zero-order valence-corrected chi connectivity index (χ0v) is 12.3. The van der Waals surface area contributed by atoms with E-state index in [0.717, 1.165) is 18.2 Å². The molecule has 0 aliphatic heterocycles. The Balaban J connectivity index is 1.88. The second kappa shape index (κ2) is 7.73. The molecule has 1 aromatic rings. The van der Waals surface area contributed by atoms with E-state index in [1.165, 1.54) is 49.1 Å². The summed E-state index contributed by atoms with van der Waals surface area (Å²) in [6.45, 7) is 3.37. The van der Waals surface area contributed by atoms with Crippen LogP contribution in [0.1, 0.15) is 45.4 Å². The van der Waals surface area contributed by atoms with Gasteiger partial charge in [-0.3, -0.25) is 0 Å². The molecule has 1 fully saturated rings. The Morgan fingerprint density at radius 1 is 1.11 bits per heavy atom. The Bertz CT molecular complexity index is 343. The second-order valence-corrected chi connectivity index (χ2v) is 6.47. The first kappa shape index (κ1) is 13.8. The molecule has 0 aromatic heterocycles. The van der Waals surface area contributed by atoms with Gasteiger partial charge in [-0.2, -0.15) is 0 Å². The molecule has 0 bridgehead atoms. The predicted octanol–water partition coefficient (Wildman–Crippen LogP) is 5.18. The fourth-order valence-electron chi connectivity index (χ4n) is 2.72. The van der Waals surface area contributed by atoms with Gasteiger partial charge in [0, 0.05) is 17.1 Å². The molecule has 100 valence electrons. The summed E-state index contributed by atoms with van der Waals surface area (Å²) in [4.78, 5) is 1.40. The molecule has 2 heteroatoms. The maximum atomic E-state index is 3.67. The number of anilines is 1. The molecule has 0 radical (unpaired) electrons. The molecule has 1 saturated carbocycles. The van der Waals surface area contributed by atoms with E-state index in [-0.39, 0.29) is 0 Å². The number of para-hydroxylation sites is 1. The van der Waals surface area contributed by atoms with Crippen LogP contribution in [0.2, 0.25) is 0 Å². The van der Waals surface area contributed by atoms with Crippen LogP contribution in [0.15, 0.2) is 29.2 Å². The van der Waals surface area contributed by atoms with E-state index in [1.54, 1.807) is 0 Å². The number of thioether (sulfide) groups is 1. The maximum absolute atomic E-state index is 3.67. The fraction of sp³-hybridized carbons (Fsp3) is 0.625. The van der Waals surface area contributed by atoms with Crippen LogP contribution in [0.25, 0.3) is 0 Å². The van der Waals surface area contributed by atoms with Gasteiger partial charge in [-0.05, 0) is 36.6 Å². The summed E-state index contributed by atoms with van der Waals surface area (Å²) in [7, 11) is 0. The highest BCUT2D eigenvalue weighted by Crippen LogP contribution is 2.28. The number of benzene rings is 1. The van der Waals surface area contributed by atoms with Gasteiger partial charge in [-0.25, -0.2) is 0 Å². The largest absolute Gasteiger partial charge is 0.384 e. The summed E-state index contributed by atoms with van der Waals surface area (Å²) in [5, 5.41) is 3.67. The lowest BCUT2D eigenvalue weighted by molar-refractivity contribution is 0.483. The molecule has 0 spiro atoms. The Labute approximate surface area is 116 Å². The van der Waals surface area contributed by atoms with Gasteiger partial charge >= 0.3 is 0 Å². The minimum absolute atomic E-state index is 0.882. The standard InChI is InChI=1S/C16H25NS/c1-2-18-16-12-8-7-11-15(16)17-13-14-9-5-3-4-6-10-14/h7-8,11-12,14,17H,2-6,9-10,13H2,1H3. The van der Waals surface area contributed by atoms with E-state index in [9.17, 15) is 0 Å². The zero-order valence-electron chi connectivity index (χ0n) is 11.5. The minimum Gasteiger partial charge on any atom is -0.384 e. The Morgan fingerprint density at radius 2 is 1.83 bits per heavy atom. The molecule has 1 nitrogen and oxygen atoms in total. The van der Waals surface area contributed by atoms with Crippen molar-refractivity contribution in [3.05, 3.63) is 24.3 Å². The molecule has 1 aromatic carbocycles. The van der Waals surface area contributed by atoms with Crippen LogP contribution in [-0.4, -0.2) is 12.3 Å². The summed E-state index contributed by atoms with van der Waals surface area (Å²) in [5.74, 6) is 2.02. The van der Waals surface area contributed by atoms with Crippen molar-refractivity contribution in [2.45, 2.75) is 50.3 Å². The third kappa shape index (κ3) is 4.24. The number of hydrogen-bond donors (Lipinski definition) is 1. The van der Waals surface area contributed by atoms with Gasteiger partial charge < -0.3 is 5.32 Å². The van der Waals surface area contributed by atoms with Crippen molar-refractivity contribution in [2.75, 3.05) is 17.6 Å². The van der Waals surface area contributed by atoms with Gasteiger partial charge in [-0.15, -0.1) is 11.8 Å². The summed E-state index contributed by atoms with van der Waals surface area (Å²) in [6, 6.07) is 8.71. The average molecular weight is 263 g/mol. The Kier molecular flexibility index (Phi) is 5.92. The van der Waals surface area contributed by atoms with Gasteiger partial charge in [0.15, 0.2) is 0 Å².